The monoisotopic (exact) mass is 529 g/mol. The Morgan fingerprint density at radius 1 is 0.947 bits per heavy atom. The summed E-state index contributed by atoms with van der Waals surface area (Å²) in [6, 6.07) is 19.1. The van der Waals surface area contributed by atoms with E-state index < -0.39 is 11.7 Å². The number of nitrogens with one attached hydrogen (secondary N) is 1. The number of carbonyl (C=O) groups excluding carboxylic acids is 2. The van der Waals surface area contributed by atoms with Crippen LogP contribution in [0.5, 0.6) is 0 Å². The van der Waals surface area contributed by atoms with E-state index in [-0.39, 0.29) is 5.69 Å². The van der Waals surface area contributed by atoms with Gasteiger partial charge in [0.1, 0.15) is 11.5 Å². The van der Waals surface area contributed by atoms with Gasteiger partial charge in [-0.3, -0.25) is 14.5 Å². The van der Waals surface area contributed by atoms with Crippen LogP contribution in [0, 0.1) is 0 Å². The molecule has 8 heteroatoms. The van der Waals surface area contributed by atoms with Gasteiger partial charge >= 0.3 is 0 Å². The van der Waals surface area contributed by atoms with Crippen LogP contribution in [0.2, 0.25) is 5.02 Å². The highest BCUT2D eigenvalue weighted by molar-refractivity contribution is 6.47. The molecule has 1 amide bonds. The van der Waals surface area contributed by atoms with Crippen molar-refractivity contribution in [3.63, 3.8) is 0 Å². The predicted molar refractivity (Wildman–Crippen MR) is 153 cm³/mol. The molecule has 1 aliphatic rings. The molecule has 1 fully saturated rings. The second-order valence-electron chi connectivity index (χ2n) is 9.56. The maximum atomic E-state index is 13.5. The van der Waals surface area contributed by atoms with E-state index in [0.29, 0.717) is 27.9 Å². The molecule has 0 bridgehead atoms. The van der Waals surface area contributed by atoms with Crippen molar-refractivity contribution in [3.05, 3.63) is 83.8 Å². The number of rotatable bonds is 8. The first kappa shape index (κ1) is 25.9. The zero-order chi connectivity index (χ0) is 26.6. The Labute approximate surface area is 228 Å². The number of anilines is 2. The average molecular weight is 530 g/mol. The SMILES string of the molecule is CCC(CC)N1CCN(c2ccc(NC(=O)C(=O)c3c(-c4ccccc4Cl)cc4ccccn34)cn2)CC1. The maximum absolute atomic E-state index is 13.5. The summed E-state index contributed by atoms with van der Waals surface area (Å²) < 4.78 is 1.73. The van der Waals surface area contributed by atoms with Crippen molar-refractivity contribution in [1.29, 1.82) is 0 Å². The lowest BCUT2D eigenvalue weighted by molar-refractivity contribution is -0.112. The second-order valence-corrected chi connectivity index (χ2v) is 9.97. The van der Waals surface area contributed by atoms with Gasteiger partial charge in [-0.15, -0.1) is 0 Å². The van der Waals surface area contributed by atoms with Crippen molar-refractivity contribution in [3.8, 4) is 11.1 Å². The molecule has 196 valence electrons. The topological polar surface area (TPSA) is 70.0 Å². The van der Waals surface area contributed by atoms with Crippen LogP contribution in [0.4, 0.5) is 11.5 Å². The van der Waals surface area contributed by atoms with Gasteiger partial charge in [-0.2, -0.15) is 0 Å². The van der Waals surface area contributed by atoms with Crippen LogP contribution in [0.1, 0.15) is 37.2 Å². The molecule has 0 spiro atoms. The zero-order valence-electron chi connectivity index (χ0n) is 21.7. The molecule has 0 radical (unpaired) electrons. The summed E-state index contributed by atoms with van der Waals surface area (Å²) >= 11 is 6.45. The van der Waals surface area contributed by atoms with E-state index in [1.807, 2.05) is 48.5 Å². The van der Waals surface area contributed by atoms with Crippen LogP contribution in [-0.4, -0.2) is 58.2 Å². The van der Waals surface area contributed by atoms with E-state index in [4.69, 9.17) is 11.6 Å². The van der Waals surface area contributed by atoms with E-state index in [9.17, 15) is 9.59 Å². The highest BCUT2D eigenvalue weighted by Gasteiger charge is 2.26. The number of aromatic nitrogens is 2. The first-order chi connectivity index (χ1) is 18.5. The van der Waals surface area contributed by atoms with Crippen molar-refractivity contribution >= 4 is 40.3 Å². The fourth-order valence-corrected chi connectivity index (χ4v) is 5.54. The summed E-state index contributed by atoms with van der Waals surface area (Å²) in [5.41, 5.74) is 2.86. The Bertz CT molecular complexity index is 1440. The van der Waals surface area contributed by atoms with E-state index >= 15 is 0 Å². The molecule has 5 rings (SSSR count). The molecule has 0 aliphatic carbocycles. The third-order valence-corrected chi connectivity index (χ3v) is 7.70. The van der Waals surface area contributed by atoms with Gasteiger partial charge in [0, 0.05) is 60.1 Å². The Balaban J connectivity index is 1.32. The number of hydrogen-bond acceptors (Lipinski definition) is 5. The first-order valence-corrected chi connectivity index (χ1v) is 13.5. The van der Waals surface area contributed by atoms with Gasteiger partial charge < -0.3 is 14.6 Å². The lowest BCUT2D eigenvalue weighted by atomic mass is 10.0. The minimum atomic E-state index is -0.726. The van der Waals surface area contributed by atoms with Gasteiger partial charge in [-0.05, 0) is 49.2 Å². The van der Waals surface area contributed by atoms with Crippen LogP contribution >= 0.6 is 11.6 Å². The average Bonchev–Trinajstić information content (AvgIpc) is 3.33. The molecule has 1 saturated heterocycles. The fraction of sp³-hybridized carbons (Fsp3) is 0.300. The zero-order valence-corrected chi connectivity index (χ0v) is 22.5. The lowest BCUT2D eigenvalue weighted by Crippen LogP contribution is -2.50. The minimum absolute atomic E-state index is 0.270. The number of amides is 1. The Morgan fingerprint density at radius 2 is 1.68 bits per heavy atom. The van der Waals surface area contributed by atoms with E-state index in [0.717, 1.165) is 37.5 Å². The van der Waals surface area contributed by atoms with Crippen molar-refractivity contribution in [2.45, 2.75) is 32.7 Å². The molecule has 38 heavy (non-hydrogen) atoms. The number of benzene rings is 1. The second kappa shape index (κ2) is 11.4. The molecule has 3 aromatic heterocycles. The maximum Gasteiger partial charge on any atom is 0.298 e. The normalized spacial score (nSPS) is 14.3. The number of piperazine rings is 1. The van der Waals surface area contributed by atoms with Gasteiger partial charge in [0.05, 0.1) is 11.9 Å². The molecule has 1 aromatic carbocycles. The number of halogens is 1. The first-order valence-electron chi connectivity index (χ1n) is 13.2. The van der Waals surface area contributed by atoms with Crippen molar-refractivity contribution in [1.82, 2.24) is 14.3 Å². The molecule has 1 N–H and O–H groups in total. The lowest BCUT2D eigenvalue weighted by Gasteiger charge is -2.39. The van der Waals surface area contributed by atoms with E-state index in [1.165, 1.54) is 12.8 Å². The largest absolute Gasteiger partial charge is 0.354 e. The van der Waals surface area contributed by atoms with Gasteiger partial charge in [0.15, 0.2) is 0 Å². The van der Waals surface area contributed by atoms with E-state index in [2.05, 4.69) is 33.9 Å². The number of fused-ring (bicyclic) bond motifs is 1. The number of ketones is 1. The van der Waals surface area contributed by atoms with Gasteiger partial charge in [0.25, 0.3) is 11.7 Å². The van der Waals surface area contributed by atoms with Crippen LogP contribution < -0.4 is 10.2 Å². The fourth-order valence-electron chi connectivity index (χ4n) is 5.30. The standard InChI is InChI=1S/C30H32ClN5O2/c1-3-22(4-2)34-15-17-35(18-16-34)27-13-12-21(20-32-27)33-30(38)29(37)28-25(24-10-5-6-11-26(24)31)19-23-9-7-8-14-36(23)28/h5-14,19-20,22H,3-4,15-18H2,1-2H3,(H,33,38). The number of hydrogen-bond donors (Lipinski definition) is 1. The van der Waals surface area contributed by atoms with Crippen LogP contribution in [0.25, 0.3) is 16.6 Å². The molecular formula is C30H32ClN5O2. The Hall–Kier alpha value is -3.68. The van der Waals surface area contributed by atoms with Crippen LogP contribution in [0.3, 0.4) is 0 Å². The highest BCUT2D eigenvalue weighted by atomic mass is 35.5. The number of Topliss-reactive ketones (excluding diaryl/α,β-unsaturated/α-hetero) is 1. The molecular weight excluding hydrogens is 498 g/mol. The predicted octanol–water partition coefficient (Wildman–Crippen LogP) is 5.79. The minimum Gasteiger partial charge on any atom is -0.354 e. The number of pyridine rings is 2. The summed E-state index contributed by atoms with van der Waals surface area (Å²) in [4.78, 5) is 36.0. The molecule has 4 aromatic rings. The van der Waals surface area contributed by atoms with Gasteiger partial charge in [-0.1, -0.05) is 49.7 Å². The quantitative estimate of drug-likeness (QED) is 0.231. The van der Waals surface area contributed by atoms with Gasteiger partial charge in [0.2, 0.25) is 0 Å². The summed E-state index contributed by atoms with van der Waals surface area (Å²) in [5.74, 6) is -0.500. The molecule has 0 saturated carbocycles. The van der Waals surface area contributed by atoms with E-state index in [1.54, 1.807) is 28.9 Å². The third kappa shape index (κ3) is 5.17. The van der Waals surface area contributed by atoms with Gasteiger partial charge in [-0.25, -0.2) is 4.98 Å². The summed E-state index contributed by atoms with van der Waals surface area (Å²) in [6.45, 7) is 8.35. The molecule has 4 heterocycles. The summed E-state index contributed by atoms with van der Waals surface area (Å²) in [7, 11) is 0. The molecule has 0 atom stereocenters. The smallest absolute Gasteiger partial charge is 0.298 e. The van der Waals surface area contributed by atoms with Crippen LogP contribution in [-0.2, 0) is 4.79 Å². The van der Waals surface area contributed by atoms with Crippen molar-refractivity contribution < 1.29 is 9.59 Å². The molecule has 1 aliphatic heterocycles. The third-order valence-electron chi connectivity index (χ3n) is 7.37. The number of nitrogens with zero attached hydrogens (tertiary/aromatic N) is 4. The van der Waals surface area contributed by atoms with Crippen molar-refractivity contribution in [2.75, 3.05) is 36.4 Å². The summed E-state index contributed by atoms with van der Waals surface area (Å²) in [5, 5.41) is 3.24. The summed E-state index contributed by atoms with van der Waals surface area (Å²) in [6.07, 6.45) is 5.72. The van der Waals surface area contributed by atoms with Crippen LogP contribution in [0.15, 0.2) is 73.1 Å². The highest BCUT2D eigenvalue weighted by Crippen LogP contribution is 2.33. The molecule has 0 unspecified atom stereocenters. The molecule has 7 nitrogen and oxygen atoms in total. The van der Waals surface area contributed by atoms with Crippen molar-refractivity contribution in [2.24, 2.45) is 0 Å². The number of carbonyl (C=O) groups is 2. The Kier molecular flexibility index (Phi) is 7.77. The Morgan fingerprint density at radius 3 is 2.37 bits per heavy atom.